The highest BCUT2D eigenvalue weighted by Gasteiger charge is 2.19. The Morgan fingerprint density at radius 3 is 1.97 bits per heavy atom. The summed E-state index contributed by atoms with van der Waals surface area (Å²) in [5.74, 6) is 0. The number of para-hydroxylation sites is 1. The number of rotatable bonds is 2. The van der Waals surface area contributed by atoms with Crippen LogP contribution in [0.4, 0.5) is 0 Å². The van der Waals surface area contributed by atoms with Gasteiger partial charge in [-0.1, -0.05) is 91.0 Å². The zero-order valence-electron chi connectivity index (χ0n) is 18.3. The van der Waals surface area contributed by atoms with Gasteiger partial charge in [0.05, 0.1) is 0 Å². The molecule has 1 aliphatic rings. The summed E-state index contributed by atoms with van der Waals surface area (Å²) in [5, 5.41) is 6.46. The maximum Gasteiger partial charge on any atom is 0.0460 e. The van der Waals surface area contributed by atoms with E-state index < -0.39 is 0 Å². The smallest absolute Gasteiger partial charge is 0.0460 e. The van der Waals surface area contributed by atoms with Crippen molar-refractivity contribution in [3.63, 3.8) is 0 Å². The first-order valence-corrected chi connectivity index (χ1v) is 11.7. The molecule has 1 aliphatic carbocycles. The van der Waals surface area contributed by atoms with Gasteiger partial charge in [-0.25, -0.2) is 0 Å². The van der Waals surface area contributed by atoms with Crippen LogP contribution in [0.3, 0.4) is 0 Å². The van der Waals surface area contributed by atoms with Gasteiger partial charge in [-0.15, -0.1) is 0 Å². The van der Waals surface area contributed by atoms with E-state index in [2.05, 4.69) is 114 Å². The van der Waals surface area contributed by atoms with E-state index in [1.807, 2.05) is 0 Å². The maximum atomic E-state index is 3.49. The zero-order chi connectivity index (χ0) is 21.8. The molecule has 0 fully saturated rings. The third kappa shape index (κ3) is 2.79. The van der Waals surface area contributed by atoms with Gasteiger partial charge in [0, 0.05) is 22.7 Å². The van der Waals surface area contributed by atoms with E-state index in [-0.39, 0.29) is 0 Å². The van der Waals surface area contributed by atoms with Crippen LogP contribution in [0, 0.1) is 0 Å². The molecule has 0 saturated heterocycles. The van der Waals surface area contributed by atoms with Crippen LogP contribution in [0.5, 0.6) is 0 Å². The van der Waals surface area contributed by atoms with Crippen molar-refractivity contribution >= 4 is 38.5 Å². The number of nitrogens with one attached hydrogen (secondary N) is 1. The molecule has 0 spiro atoms. The van der Waals surface area contributed by atoms with Crippen molar-refractivity contribution in [3.8, 4) is 22.3 Å². The topological polar surface area (TPSA) is 15.8 Å². The van der Waals surface area contributed by atoms with Crippen LogP contribution in [0.25, 0.3) is 60.8 Å². The molecule has 7 rings (SSSR count). The third-order valence-electron chi connectivity index (χ3n) is 7.10. The lowest BCUT2D eigenvalue weighted by atomic mass is 9.84. The van der Waals surface area contributed by atoms with Gasteiger partial charge < -0.3 is 4.98 Å². The average molecular weight is 422 g/mol. The molecule has 0 aliphatic heterocycles. The Morgan fingerprint density at radius 1 is 0.606 bits per heavy atom. The fourth-order valence-corrected chi connectivity index (χ4v) is 5.59. The Morgan fingerprint density at radius 2 is 1.24 bits per heavy atom. The maximum absolute atomic E-state index is 3.49. The molecule has 0 saturated carbocycles. The predicted octanol–water partition coefficient (Wildman–Crippen LogP) is 8.77. The van der Waals surface area contributed by atoms with Crippen LogP contribution in [-0.2, 0) is 6.42 Å². The Bertz CT molecular complexity index is 1660. The second kappa shape index (κ2) is 7.21. The van der Waals surface area contributed by atoms with Crippen molar-refractivity contribution in [1.82, 2.24) is 4.98 Å². The predicted molar refractivity (Wildman–Crippen MR) is 142 cm³/mol. The van der Waals surface area contributed by atoms with Gasteiger partial charge in [-0.3, -0.25) is 0 Å². The van der Waals surface area contributed by atoms with Crippen molar-refractivity contribution in [1.29, 1.82) is 0 Å². The lowest BCUT2D eigenvalue weighted by Gasteiger charge is -2.19. The second-order valence-electron chi connectivity index (χ2n) is 8.94. The van der Waals surface area contributed by atoms with Gasteiger partial charge in [0.25, 0.3) is 0 Å². The van der Waals surface area contributed by atoms with Gasteiger partial charge in [-0.05, 0) is 74.3 Å². The molecule has 0 amide bonds. The summed E-state index contributed by atoms with van der Waals surface area (Å²) < 4.78 is 0. The number of aryl methyl sites for hydroxylation is 1. The van der Waals surface area contributed by atoms with Crippen LogP contribution in [0.2, 0.25) is 0 Å². The highest BCUT2D eigenvalue weighted by molar-refractivity contribution is 6.23. The Balaban J connectivity index is 1.62. The number of aromatic amines is 1. The second-order valence-corrected chi connectivity index (χ2v) is 8.94. The number of benzene rings is 5. The molecule has 5 aromatic carbocycles. The van der Waals surface area contributed by atoms with Gasteiger partial charge in [0.1, 0.15) is 0 Å². The third-order valence-corrected chi connectivity index (χ3v) is 7.10. The van der Waals surface area contributed by atoms with Crippen molar-refractivity contribution < 1.29 is 0 Å². The number of hydrogen-bond donors (Lipinski definition) is 1. The molecular weight excluding hydrogens is 398 g/mol. The minimum atomic E-state index is 1.13. The lowest BCUT2D eigenvalue weighted by Crippen LogP contribution is -1.95. The largest absolute Gasteiger partial charge is 0.361 e. The minimum Gasteiger partial charge on any atom is -0.361 e. The molecule has 0 radical (unpaired) electrons. The van der Waals surface area contributed by atoms with Crippen molar-refractivity contribution in [2.75, 3.05) is 0 Å². The molecule has 1 heterocycles. The number of H-pyrrole nitrogens is 1. The van der Waals surface area contributed by atoms with E-state index in [4.69, 9.17) is 0 Å². The van der Waals surface area contributed by atoms with Crippen molar-refractivity contribution in [3.05, 3.63) is 114 Å². The Hall–Kier alpha value is -4.10. The molecule has 0 atom stereocenters. The average Bonchev–Trinajstić information content (AvgIpc) is 3.30. The van der Waals surface area contributed by atoms with Gasteiger partial charge in [0.15, 0.2) is 0 Å². The monoisotopic (exact) mass is 421 g/mol. The lowest BCUT2D eigenvalue weighted by molar-refractivity contribution is 0.986. The molecule has 1 N–H and O–H groups in total. The Labute approximate surface area is 193 Å². The first kappa shape index (κ1) is 18.5. The highest BCUT2D eigenvalue weighted by atomic mass is 14.7. The van der Waals surface area contributed by atoms with E-state index in [0.717, 1.165) is 12.8 Å². The first-order valence-electron chi connectivity index (χ1n) is 11.7. The van der Waals surface area contributed by atoms with E-state index in [0.29, 0.717) is 0 Å². The van der Waals surface area contributed by atoms with E-state index in [1.54, 1.807) is 0 Å². The van der Waals surface area contributed by atoms with Crippen LogP contribution in [0.15, 0.2) is 103 Å². The van der Waals surface area contributed by atoms with Gasteiger partial charge in [-0.2, -0.15) is 0 Å². The number of allylic oxidation sites excluding steroid dienone is 1. The summed E-state index contributed by atoms with van der Waals surface area (Å²) in [7, 11) is 0. The van der Waals surface area contributed by atoms with Crippen LogP contribution >= 0.6 is 0 Å². The summed E-state index contributed by atoms with van der Waals surface area (Å²) >= 11 is 0. The van der Waals surface area contributed by atoms with Crippen LogP contribution in [0.1, 0.15) is 17.5 Å². The van der Waals surface area contributed by atoms with E-state index in [1.165, 1.54) is 65.8 Å². The van der Waals surface area contributed by atoms with Gasteiger partial charge in [0.2, 0.25) is 0 Å². The quantitative estimate of drug-likeness (QED) is 0.269. The van der Waals surface area contributed by atoms with Crippen LogP contribution < -0.4 is 0 Å². The molecule has 156 valence electrons. The molecule has 0 bridgehead atoms. The van der Waals surface area contributed by atoms with Crippen LogP contribution in [-0.4, -0.2) is 4.98 Å². The summed E-state index contributed by atoms with van der Waals surface area (Å²) in [6.07, 6.45) is 9.02. The number of fused-ring (bicyclic) bond motifs is 4. The van der Waals surface area contributed by atoms with Crippen molar-refractivity contribution in [2.24, 2.45) is 0 Å². The normalized spacial score (nSPS) is 13.1. The molecule has 33 heavy (non-hydrogen) atoms. The number of hydrogen-bond acceptors (Lipinski definition) is 0. The molecular formula is C32H23N. The Kier molecular flexibility index (Phi) is 4.04. The zero-order valence-corrected chi connectivity index (χ0v) is 18.3. The molecule has 6 aromatic rings. The van der Waals surface area contributed by atoms with E-state index in [9.17, 15) is 0 Å². The fourth-order valence-electron chi connectivity index (χ4n) is 5.59. The number of aromatic nitrogens is 1. The van der Waals surface area contributed by atoms with Gasteiger partial charge >= 0.3 is 0 Å². The fraction of sp³-hybridized carbons (Fsp3) is 0.0625. The molecule has 0 unspecified atom stereocenters. The minimum absolute atomic E-state index is 1.13. The summed E-state index contributed by atoms with van der Waals surface area (Å²) in [5.41, 5.74) is 9.16. The highest BCUT2D eigenvalue weighted by Crippen LogP contribution is 2.45. The summed E-state index contributed by atoms with van der Waals surface area (Å²) in [4.78, 5) is 3.49. The first-order chi connectivity index (χ1) is 16.4. The SMILES string of the molecule is C1=Cc2cc(-c3c4ccccc4c(-c4c[nH]c5ccccc45)c4ccccc34)ccc2CC1. The summed E-state index contributed by atoms with van der Waals surface area (Å²) in [6, 6.07) is 33.4. The molecule has 1 nitrogen and oxygen atoms in total. The molecule has 1 heteroatoms. The summed E-state index contributed by atoms with van der Waals surface area (Å²) in [6.45, 7) is 0. The van der Waals surface area contributed by atoms with E-state index >= 15 is 0 Å². The molecule has 1 aromatic heterocycles. The van der Waals surface area contributed by atoms with Crippen molar-refractivity contribution in [2.45, 2.75) is 12.8 Å². The standard InChI is InChI=1S/C32H23N/c1-2-10-22-19-23(18-17-21(22)9-1)31-25-12-3-5-14-27(25)32(28-15-6-4-13-26(28)31)29-20-33-30-16-8-7-11-24(29)30/h2-8,10-20,33H,1,9H2.